The zero-order valence-electron chi connectivity index (χ0n) is 25.6. The summed E-state index contributed by atoms with van der Waals surface area (Å²) in [6.07, 6.45) is 1.34. The van der Waals surface area contributed by atoms with Gasteiger partial charge in [-0.2, -0.15) is 0 Å². The molecular weight excluding hydrogens is 572 g/mol. The Balaban J connectivity index is 1.21. The summed E-state index contributed by atoms with van der Waals surface area (Å²) in [5.41, 5.74) is 6.31. The van der Waals surface area contributed by atoms with Gasteiger partial charge in [-0.15, -0.1) is 0 Å². The van der Waals surface area contributed by atoms with Crippen molar-refractivity contribution in [3.63, 3.8) is 0 Å². The number of ether oxygens (including phenoxy) is 2. The maximum Gasteiger partial charge on any atom is 0.243 e. The van der Waals surface area contributed by atoms with Crippen molar-refractivity contribution in [3.05, 3.63) is 101 Å². The van der Waals surface area contributed by atoms with Gasteiger partial charge in [0.15, 0.2) is 6.29 Å². The Hall–Kier alpha value is -3.64. The molecule has 2 heterocycles. The molecule has 10 heteroatoms. The van der Waals surface area contributed by atoms with E-state index >= 15 is 0 Å². The van der Waals surface area contributed by atoms with Crippen LogP contribution in [-0.2, 0) is 32.2 Å². The van der Waals surface area contributed by atoms with Crippen molar-refractivity contribution in [2.45, 2.75) is 63.8 Å². The van der Waals surface area contributed by atoms with Crippen LogP contribution >= 0.6 is 0 Å². The van der Waals surface area contributed by atoms with E-state index in [0.29, 0.717) is 24.9 Å². The highest BCUT2D eigenvalue weighted by Gasteiger charge is 2.34. The molecule has 45 heavy (non-hydrogen) atoms. The molecule has 3 aromatic rings. The van der Waals surface area contributed by atoms with E-state index in [9.17, 15) is 14.7 Å². The quantitative estimate of drug-likeness (QED) is 0.125. The molecule has 5 rings (SSSR count). The van der Waals surface area contributed by atoms with Crippen LogP contribution in [0.1, 0.15) is 66.8 Å². The number of hydroxylamine groups is 1. The van der Waals surface area contributed by atoms with Crippen molar-refractivity contribution in [1.82, 2.24) is 15.3 Å². The standard InChI is InChI=1S/C35H44N4O6/c40-25-27-13-15-28(16-14-27)32-22-31(24-39-19-17-38(18-20-39)23-26-7-2-1-3-8-26)44-35(45-32)29-9-6-10-30(21-29)36-33(41)11-4-5-12-34(42)37-43/h1-3,6-10,13-16,21,31-32,35,40,43H,4-5,11-12,17-20,22-25H2,(H,36,41)(H,37,42)/t31-,32+,35+/m1/s1. The first kappa shape index (κ1) is 32.7. The van der Waals surface area contributed by atoms with E-state index in [2.05, 4.69) is 45.4 Å². The van der Waals surface area contributed by atoms with E-state index < -0.39 is 12.2 Å². The van der Waals surface area contributed by atoms with E-state index in [0.717, 1.165) is 56.0 Å². The smallest absolute Gasteiger partial charge is 0.243 e. The molecule has 0 aliphatic carbocycles. The maximum absolute atomic E-state index is 12.6. The molecule has 0 saturated carbocycles. The molecule has 2 fully saturated rings. The third kappa shape index (κ3) is 9.92. The highest BCUT2D eigenvalue weighted by atomic mass is 16.7. The number of unbranched alkanes of at least 4 members (excludes halogenated alkanes) is 1. The Labute approximate surface area is 264 Å². The number of nitrogens with one attached hydrogen (secondary N) is 2. The number of benzene rings is 3. The van der Waals surface area contributed by atoms with Crippen LogP contribution in [0.15, 0.2) is 78.9 Å². The molecule has 4 N–H and O–H groups in total. The number of aliphatic hydroxyl groups excluding tert-OH is 1. The molecule has 3 aromatic carbocycles. The fraction of sp³-hybridized carbons (Fsp3) is 0.429. The molecule has 2 aliphatic heterocycles. The average Bonchev–Trinajstić information content (AvgIpc) is 3.08. The summed E-state index contributed by atoms with van der Waals surface area (Å²) >= 11 is 0. The number of rotatable bonds is 13. The zero-order chi connectivity index (χ0) is 31.4. The van der Waals surface area contributed by atoms with Gasteiger partial charge in [0.25, 0.3) is 0 Å². The molecule has 3 atom stereocenters. The Morgan fingerprint density at radius 3 is 2.20 bits per heavy atom. The summed E-state index contributed by atoms with van der Waals surface area (Å²) in [4.78, 5) is 28.7. The Bertz CT molecular complexity index is 1360. The molecule has 0 unspecified atom stereocenters. The molecule has 0 radical (unpaired) electrons. The first-order chi connectivity index (χ1) is 22.0. The SMILES string of the molecule is O=C(CCCCC(=O)Nc1cccc([C@H]2O[C@@H](CN3CCN(Cc4ccccc4)CC3)C[C@@H](c3ccc(CO)cc3)O2)c1)NO. The minimum atomic E-state index is -0.612. The monoisotopic (exact) mass is 616 g/mol. The van der Waals surface area contributed by atoms with E-state index in [-0.39, 0.29) is 37.6 Å². The topological polar surface area (TPSA) is 124 Å². The van der Waals surface area contributed by atoms with Gasteiger partial charge in [-0.25, -0.2) is 5.48 Å². The van der Waals surface area contributed by atoms with Crippen molar-refractivity contribution < 1.29 is 29.4 Å². The highest BCUT2D eigenvalue weighted by Crippen LogP contribution is 2.38. The van der Waals surface area contributed by atoms with Gasteiger partial charge in [-0.1, -0.05) is 66.7 Å². The lowest BCUT2D eigenvalue weighted by molar-refractivity contribution is -0.253. The van der Waals surface area contributed by atoms with Gasteiger partial charge in [-0.3, -0.25) is 24.6 Å². The molecule has 2 saturated heterocycles. The Morgan fingerprint density at radius 2 is 1.49 bits per heavy atom. The zero-order valence-corrected chi connectivity index (χ0v) is 25.6. The average molecular weight is 617 g/mol. The predicted molar refractivity (Wildman–Crippen MR) is 170 cm³/mol. The second-order valence-electron chi connectivity index (χ2n) is 11.8. The van der Waals surface area contributed by atoms with Crippen LogP contribution in [0.3, 0.4) is 0 Å². The van der Waals surface area contributed by atoms with Crippen LogP contribution in [0.5, 0.6) is 0 Å². The van der Waals surface area contributed by atoms with E-state index in [4.69, 9.17) is 14.7 Å². The predicted octanol–water partition coefficient (Wildman–Crippen LogP) is 4.55. The molecule has 2 aliphatic rings. The summed E-state index contributed by atoms with van der Waals surface area (Å²) in [5, 5.41) is 21.1. The Morgan fingerprint density at radius 1 is 0.778 bits per heavy atom. The van der Waals surface area contributed by atoms with E-state index in [1.807, 2.05) is 48.5 Å². The van der Waals surface area contributed by atoms with Gasteiger partial charge < -0.3 is 19.9 Å². The minimum Gasteiger partial charge on any atom is -0.392 e. The number of carbonyl (C=O) groups is 2. The second-order valence-corrected chi connectivity index (χ2v) is 11.8. The molecular formula is C35H44N4O6. The lowest BCUT2D eigenvalue weighted by Gasteiger charge is -2.41. The number of hydrogen-bond donors (Lipinski definition) is 4. The van der Waals surface area contributed by atoms with Gasteiger partial charge >= 0.3 is 0 Å². The van der Waals surface area contributed by atoms with Crippen molar-refractivity contribution >= 4 is 17.5 Å². The number of anilines is 1. The number of piperazine rings is 1. The number of nitrogens with zero attached hydrogens (tertiary/aromatic N) is 2. The van der Waals surface area contributed by atoms with Crippen molar-refractivity contribution in [1.29, 1.82) is 0 Å². The van der Waals surface area contributed by atoms with Gasteiger partial charge in [0, 0.05) is 69.8 Å². The van der Waals surface area contributed by atoms with Crippen molar-refractivity contribution in [2.75, 3.05) is 38.0 Å². The van der Waals surface area contributed by atoms with Crippen LogP contribution in [0.4, 0.5) is 5.69 Å². The molecule has 2 amide bonds. The van der Waals surface area contributed by atoms with Crippen molar-refractivity contribution in [3.8, 4) is 0 Å². The first-order valence-corrected chi connectivity index (χ1v) is 15.8. The van der Waals surface area contributed by atoms with Gasteiger partial charge in [-0.05, 0) is 41.7 Å². The van der Waals surface area contributed by atoms with Crippen LogP contribution in [-0.4, -0.2) is 70.8 Å². The van der Waals surface area contributed by atoms with Gasteiger partial charge in [0.1, 0.15) is 0 Å². The van der Waals surface area contributed by atoms with Gasteiger partial charge in [0.05, 0.1) is 18.8 Å². The summed E-state index contributed by atoms with van der Waals surface area (Å²) in [6, 6.07) is 26.0. The van der Waals surface area contributed by atoms with Crippen LogP contribution in [0.25, 0.3) is 0 Å². The third-order valence-electron chi connectivity index (χ3n) is 8.42. The fourth-order valence-corrected chi connectivity index (χ4v) is 5.91. The fourth-order valence-electron chi connectivity index (χ4n) is 5.91. The highest BCUT2D eigenvalue weighted by molar-refractivity contribution is 5.90. The minimum absolute atomic E-state index is 0.00702. The lowest BCUT2D eigenvalue weighted by atomic mass is 9.99. The Kier molecular flexibility index (Phi) is 12.1. The molecule has 0 aromatic heterocycles. The number of hydrogen-bond acceptors (Lipinski definition) is 8. The largest absolute Gasteiger partial charge is 0.392 e. The molecule has 10 nitrogen and oxygen atoms in total. The number of aliphatic hydroxyl groups is 1. The third-order valence-corrected chi connectivity index (χ3v) is 8.42. The van der Waals surface area contributed by atoms with Gasteiger partial charge in [0.2, 0.25) is 11.8 Å². The normalized spacial score (nSPS) is 20.9. The molecule has 0 spiro atoms. The van der Waals surface area contributed by atoms with Crippen LogP contribution < -0.4 is 10.8 Å². The lowest BCUT2D eigenvalue weighted by Crippen LogP contribution is -2.49. The maximum atomic E-state index is 12.6. The van der Waals surface area contributed by atoms with Crippen LogP contribution in [0, 0.1) is 0 Å². The van der Waals surface area contributed by atoms with Crippen LogP contribution in [0.2, 0.25) is 0 Å². The summed E-state index contributed by atoms with van der Waals surface area (Å²) in [6.45, 7) is 5.71. The van der Waals surface area contributed by atoms with E-state index in [1.165, 1.54) is 5.56 Å². The summed E-state index contributed by atoms with van der Waals surface area (Å²) < 4.78 is 13.1. The van der Waals surface area contributed by atoms with E-state index in [1.54, 1.807) is 5.48 Å². The molecule has 240 valence electrons. The second kappa shape index (κ2) is 16.6. The summed E-state index contributed by atoms with van der Waals surface area (Å²) in [7, 11) is 0. The van der Waals surface area contributed by atoms with Crippen molar-refractivity contribution in [2.24, 2.45) is 0 Å². The number of carbonyl (C=O) groups excluding carboxylic acids is 2. The summed E-state index contributed by atoms with van der Waals surface area (Å²) in [5.74, 6) is -0.602. The molecule has 0 bridgehead atoms. The first-order valence-electron chi connectivity index (χ1n) is 15.8. The number of amides is 2.